The molecule has 5 heteroatoms. The van der Waals surface area contributed by atoms with Crippen LogP contribution in [0.25, 0.3) is 10.1 Å². The Morgan fingerprint density at radius 1 is 1.27 bits per heavy atom. The number of aliphatic imine (C=N–C) groups is 1. The van der Waals surface area contributed by atoms with E-state index in [1.807, 2.05) is 6.07 Å². The smallest absolute Gasteiger partial charge is 0.186 e. The molecule has 0 aliphatic carbocycles. The molecule has 0 amide bonds. The number of benzene rings is 1. The van der Waals surface area contributed by atoms with Crippen LogP contribution in [0, 0.1) is 0 Å². The Bertz CT molecular complexity index is 474. The molecule has 0 aliphatic rings. The van der Waals surface area contributed by atoms with Crippen molar-refractivity contribution in [3.63, 3.8) is 0 Å². The number of halogens is 1. The van der Waals surface area contributed by atoms with Gasteiger partial charge in [-0.15, -0.1) is 28.3 Å². The first-order chi connectivity index (χ1) is 6.75. The van der Waals surface area contributed by atoms with Crippen LogP contribution in [0.1, 0.15) is 5.56 Å². The molecule has 4 N–H and O–H groups in total. The van der Waals surface area contributed by atoms with Gasteiger partial charge in [-0.2, -0.15) is 0 Å². The van der Waals surface area contributed by atoms with Crippen molar-refractivity contribution in [3.8, 4) is 0 Å². The molecular formula is C10H12BrN3S. The highest BCUT2D eigenvalue weighted by Gasteiger charge is 1.96. The van der Waals surface area contributed by atoms with Crippen LogP contribution >= 0.6 is 28.3 Å². The van der Waals surface area contributed by atoms with Crippen molar-refractivity contribution in [3.05, 3.63) is 35.2 Å². The van der Waals surface area contributed by atoms with Crippen LogP contribution in [0.4, 0.5) is 0 Å². The highest BCUT2D eigenvalue weighted by atomic mass is 79.9. The number of guanidine groups is 1. The maximum absolute atomic E-state index is 5.26. The molecule has 0 spiro atoms. The summed E-state index contributed by atoms with van der Waals surface area (Å²) in [4.78, 5) is 3.96. The zero-order valence-corrected chi connectivity index (χ0v) is 10.5. The fourth-order valence-corrected chi connectivity index (χ4v) is 2.07. The number of rotatable bonds is 2. The van der Waals surface area contributed by atoms with E-state index in [1.54, 1.807) is 11.3 Å². The Balaban J connectivity index is 0.00000112. The molecule has 0 aliphatic heterocycles. The third kappa shape index (κ3) is 2.94. The summed E-state index contributed by atoms with van der Waals surface area (Å²) in [6.07, 6.45) is 0. The monoisotopic (exact) mass is 285 g/mol. The Labute approximate surface area is 103 Å². The molecule has 2 rings (SSSR count). The third-order valence-corrected chi connectivity index (χ3v) is 2.86. The summed E-state index contributed by atoms with van der Waals surface area (Å²) < 4.78 is 1.29. The van der Waals surface area contributed by atoms with Crippen molar-refractivity contribution in [2.75, 3.05) is 0 Å². The molecule has 0 unspecified atom stereocenters. The zero-order valence-electron chi connectivity index (χ0n) is 8.01. The Hall–Kier alpha value is -1.07. The predicted molar refractivity (Wildman–Crippen MR) is 71.7 cm³/mol. The largest absolute Gasteiger partial charge is 0.370 e. The predicted octanol–water partition coefficient (Wildman–Crippen LogP) is 2.25. The summed E-state index contributed by atoms with van der Waals surface area (Å²) in [5.41, 5.74) is 11.7. The first-order valence-corrected chi connectivity index (χ1v) is 5.15. The normalized spacial score (nSPS) is 9.60. The highest BCUT2D eigenvalue weighted by Crippen LogP contribution is 2.21. The Morgan fingerprint density at radius 3 is 2.80 bits per heavy atom. The van der Waals surface area contributed by atoms with Gasteiger partial charge in [-0.3, -0.25) is 0 Å². The molecule has 2 aromatic rings. The second kappa shape index (κ2) is 5.14. The maximum atomic E-state index is 5.26. The van der Waals surface area contributed by atoms with Crippen LogP contribution in [-0.4, -0.2) is 5.96 Å². The van der Waals surface area contributed by atoms with Crippen molar-refractivity contribution in [1.29, 1.82) is 0 Å². The topological polar surface area (TPSA) is 64.4 Å². The first-order valence-electron chi connectivity index (χ1n) is 4.27. The SMILES string of the molecule is Br.NC(N)=NCc1ccc2sccc2c1. The summed E-state index contributed by atoms with van der Waals surface area (Å²) >= 11 is 1.74. The minimum Gasteiger partial charge on any atom is -0.370 e. The summed E-state index contributed by atoms with van der Waals surface area (Å²) in [5.74, 6) is 0.135. The van der Waals surface area contributed by atoms with E-state index >= 15 is 0 Å². The van der Waals surface area contributed by atoms with E-state index in [2.05, 4.69) is 28.6 Å². The van der Waals surface area contributed by atoms with Crippen LogP contribution in [0.15, 0.2) is 34.6 Å². The van der Waals surface area contributed by atoms with Crippen LogP contribution in [0.5, 0.6) is 0 Å². The molecule has 1 heterocycles. The van der Waals surface area contributed by atoms with Gasteiger partial charge in [0.2, 0.25) is 0 Å². The molecule has 0 atom stereocenters. The fraction of sp³-hybridized carbons (Fsp3) is 0.100. The number of hydrogen-bond donors (Lipinski definition) is 2. The van der Waals surface area contributed by atoms with Crippen LogP contribution in [0.2, 0.25) is 0 Å². The zero-order chi connectivity index (χ0) is 9.97. The molecule has 0 saturated heterocycles. The average Bonchev–Trinajstić information content (AvgIpc) is 2.61. The number of thiophene rings is 1. The van der Waals surface area contributed by atoms with Gasteiger partial charge in [-0.05, 0) is 34.5 Å². The Kier molecular flexibility index (Phi) is 4.11. The standard InChI is InChI=1S/C10H11N3S.BrH/c11-10(12)13-6-7-1-2-9-8(5-7)3-4-14-9;/h1-5H,6H2,(H4,11,12,13);1H. The molecule has 0 radical (unpaired) electrons. The van der Waals surface area contributed by atoms with Gasteiger partial charge in [0.25, 0.3) is 0 Å². The molecule has 15 heavy (non-hydrogen) atoms. The van der Waals surface area contributed by atoms with E-state index in [0.717, 1.165) is 5.56 Å². The van der Waals surface area contributed by atoms with Crippen molar-refractivity contribution < 1.29 is 0 Å². The second-order valence-corrected chi connectivity index (χ2v) is 3.98. The molecule has 3 nitrogen and oxygen atoms in total. The lowest BCUT2D eigenvalue weighted by atomic mass is 10.2. The maximum Gasteiger partial charge on any atom is 0.186 e. The van der Waals surface area contributed by atoms with E-state index in [0.29, 0.717) is 6.54 Å². The minimum absolute atomic E-state index is 0. The van der Waals surface area contributed by atoms with Crippen molar-refractivity contribution in [2.45, 2.75) is 6.54 Å². The second-order valence-electron chi connectivity index (χ2n) is 3.03. The van der Waals surface area contributed by atoms with E-state index in [-0.39, 0.29) is 22.9 Å². The van der Waals surface area contributed by atoms with Gasteiger partial charge in [0.1, 0.15) is 0 Å². The number of nitrogens with two attached hydrogens (primary N) is 2. The first kappa shape index (κ1) is 12.0. The summed E-state index contributed by atoms with van der Waals surface area (Å²) in [6.45, 7) is 0.550. The van der Waals surface area contributed by atoms with Crippen LogP contribution in [-0.2, 0) is 6.54 Å². The molecule has 1 aromatic heterocycles. The molecule has 1 aromatic carbocycles. The molecule has 0 fully saturated rings. The number of fused-ring (bicyclic) bond motifs is 1. The van der Waals surface area contributed by atoms with E-state index in [9.17, 15) is 0 Å². The average molecular weight is 286 g/mol. The van der Waals surface area contributed by atoms with Crippen LogP contribution in [0.3, 0.4) is 0 Å². The highest BCUT2D eigenvalue weighted by molar-refractivity contribution is 8.93. The van der Waals surface area contributed by atoms with Gasteiger partial charge >= 0.3 is 0 Å². The van der Waals surface area contributed by atoms with Crippen molar-refractivity contribution >= 4 is 44.4 Å². The summed E-state index contributed by atoms with van der Waals surface area (Å²) in [5, 5.41) is 3.33. The van der Waals surface area contributed by atoms with Gasteiger partial charge in [0.15, 0.2) is 5.96 Å². The number of hydrogen-bond acceptors (Lipinski definition) is 2. The van der Waals surface area contributed by atoms with Gasteiger partial charge < -0.3 is 11.5 Å². The summed E-state index contributed by atoms with van der Waals surface area (Å²) in [7, 11) is 0. The molecule has 0 bridgehead atoms. The third-order valence-electron chi connectivity index (χ3n) is 1.96. The minimum atomic E-state index is 0. The van der Waals surface area contributed by atoms with Crippen LogP contribution < -0.4 is 11.5 Å². The number of nitrogens with zero attached hydrogens (tertiary/aromatic N) is 1. The van der Waals surface area contributed by atoms with Gasteiger partial charge in [-0.1, -0.05) is 6.07 Å². The van der Waals surface area contributed by atoms with E-state index in [4.69, 9.17) is 11.5 Å². The molecular weight excluding hydrogens is 274 g/mol. The van der Waals surface area contributed by atoms with E-state index in [1.165, 1.54) is 10.1 Å². The fourth-order valence-electron chi connectivity index (χ4n) is 1.30. The van der Waals surface area contributed by atoms with E-state index < -0.39 is 0 Å². The molecule has 80 valence electrons. The lowest BCUT2D eigenvalue weighted by Crippen LogP contribution is -2.22. The quantitative estimate of drug-likeness (QED) is 0.657. The van der Waals surface area contributed by atoms with Crippen molar-refractivity contribution in [2.24, 2.45) is 16.5 Å². The van der Waals surface area contributed by atoms with Crippen molar-refractivity contribution in [1.82, 2.24) is 0 Å². The van der Waals surface area contributed by atoms with Gasteiger partial charge in [0.05, 0.1) is 6.54 Å². The lowest BCUT2D eigenvalue weighted by molar-refractivity contribution is 1.06. The van der Waals surface area contributed by atoms with Gasteiger partial charge in [0, 0.05) is 4.70 Å². The van der Waals surface area contributed by atoms with Gasteiger partial charge in [-0.25, -0.2) is 4.99 Å². The Morgan fingerprint density at radius 2 is 2.07 bits per heavy atom. The molecule has 0 saturated carbocycles. The summed E-state index contributed by atoms with van der Waals surface area (Å²) in [6, 6.07) is 8.35. The lowest BCUT2D eigenvalue weighted by Gasteiger charge is -1.97.